The molecule has 2 unspecified atom stereocenters. The van der Waals surface area contributed by atoms with Crippen LogP contribution >= 0.6 is 11.6 Å². The Balaban J connectivity index is 1.94. The number of aryl methyl sites for hydroxylation is 1. The summed E-state index contributed by atoms with van der Waals surface area (Å²) in [5.41, 5.74) is 4.35. The molecule has 3 rings (SSSR count). The van der Waals surface area contributed by atoms with Crippen LogP contribution in [0.15, 0.2) is 48.5 Å². The summed E-state index contributed by atoms with van der Waals surface area (Å²) in [7, 11) is 0. The van der Waals surface area contributed by atoms with Crippen molar-refractivity contribution < 1.29 is 0 Å². The number of likely N-dealkylation sites (N-methyl/N-ethyl adjacent to an activating group) is 1. The molecule has 0 heterocycles. The van der Waals surface area contributed by atoms with Gasteiger partial charge in [-0.05, 0) is 48.2 Å². The number of nitrogens with one attached hydrogen (secondary N) is 1. The number of hydrogen-bond donors (Lipinski definition) is 1. The van der Waals surface area contributed by atoms with Crippen LogP contribution in [0.25, 0.3) is 0 Å². The SMILES string of the molecule is CCNC(c1ccc(Cl)cc1)C1CCc2ccccc21. The summed E-state index contributed by atoms with van der Waals surface area (Å²) in [4.78, 5) is 0. The first kappa shape index (κ1) is 13.7. The van der Waals surface area contributed by atoms with Crippen molar-refractivity contribution in [2.24, 2.45) is 0 Å². The summed E-state index contributed by atoms with van der Waals surface area (Å²) in [6, 6.07) is 17.5. The smallest absolute Gasteiger partial charge is 0.0406 e. The molecule has 20 heavy (non-hydrogen) atoms. The lowest BCUT2D eigenvalue weighted by molar-refractivity contribution is 0.453. The highest BCUT2D eigenvalue weighted by atomic mass is 35.5. The molecular formula is C18H20ClN. The van der Waals surface area contributed by atoms with Crippen molar-refractivity contribution in [2.75, 3.05) is 6.54 Å². The van der Waals surface area contributed by atoms with Crippen LogP contribution in [-0.4, -0.2) is 6.54 Å². The first-order chi connectivity index (χ1) is 9.79. The zero-order valence-electron chi connectivity index (χ0n) is 11.8. The molecule has 0 saturated heterocycles. The van der Waals surface area contributed by atoms with Gasteiger partial charge < -0.3 is 5.32 Å². The number of benzene rings is 2. The van der Waals surface area contributed by atoms with E-state index in [0.29, 0.717) is 12.0 Å². The molecule has 0 saturated carbocycles. The van der Waals surface area contributed by atoms with Crippen molar-refractivity contribution in [3.8, 4) is 0 Å². The van der Waals surface area contributed by atoms with E-state index in [9.17, 15) is 0 Å². The van der Waals surface area contributed by atoms with Gasteiger partial charge in [0, 0.05) is 17.0 Å². The second-order valence-electron chi connectivity index (χ2n) is 5.43. The van der Waals surface area contributed by atoms with E-state index in [1.54, 1.807) is 0 Å². The molecule has 1 aliphatic carbocycles. The van der Waals surface area contributed by atoms with E-state index in [0.717, 1.165) is 11.6 Å². The van der Waals surface area contributed by atoms with Crippen LogP contribution in [0, 0.1) is 0 Å². The minimum Gasteiger partial charge on any atom is -0.310 e. The number of halogens is 1. The van der Waals surface area contributed by atoms with Crippen LogP contribution in [0.3, 0.4) is 0 Å². The molecule has 0 aliphatic heterocycles. The molecule has 2 atom stereocenters. The molecule has 0 radical (unpaired) electrons. The van der Waals surface area contributed by atoms with Crippen LogP contribution in [0.4, 0.5) is 0 Å². The Morgan fingerprint density at radius 3 is 2.65 bits per heavy atom. The molecule has 0 bridgehead atoms. The van der Waals surface area contributed by atoms with E-state index in [1.807, 2.05) is 12.1 Å². The van der Waals surface area contributed by atoms with Crippen LogP contribution in [0.5, 0.6) is 0 Å². The monoisotopic (exact) mass is 285 g/mol. The predicted octanol–water partition coefficient (Wildman–Crippen LogP) is 4.72. The Labute approximate surface area is 126 Å². The van der Waals surface area contributed by atoms with Gasteiger partial charge in [0.15, 0.2) is 0 Å². The Bertz CT molecular complexity index is 576. The van der Waals surface area contributed by atoms with Gasteiger partial charge in [-0.25, -0.2) is 0 Å². The zero-order chi connectivity index (χ0) is 13.9. The lowest BCUT2D eigenvalue weighted by Crippen LogP contribution is -2.26. The van der Waals surface area contributed by atoms with E-state index in [4.69, 9.17) is 11.6 Å². The van der Waals surface area contributed by atoms with Gasteiger partial charge >= 0.3 is 0 Å². The quantitative estimate of drug-likeness (QED) is 0.857. The van der Waals surface area contributed by atoms with Crippen LogP contribution in [0.1, 0.15) is 42.0 Å². The summed E-state index contributed by atoms with van der Waals surface area (Å²) in [5.74, 6) is 0.562. The minimum atomic E-state index is 0.376. The molecule has 2 aromatic carbocycles. The second-order valence-corrected chi connectivity index (χ2v) is 5.87. The van der Waals surface area contributed by atoms with E-state index < -0.39 is 0 Å². The number of fused-ring (bicyclic) bond motifs is 1. The Kier molecular flexibility index (Phi) is 4.09. The Morgan fingerprint density at radius 1 is 1.15 bits per heavy atom. The van der Waals surface area contributed by atoms with Gasteiger partial charge in [0.1, 0.15) is 0 Å². The molecule has 2 aromatic rings. The zero-order valence-corrected chi connectivity index (χ0v) is 12.5. The maximum Gasteiger partial charge on any atom is 0.0406 e. The van der Waals surface area contributed by atoms with Gasteiger partial charge in [-0.15, -0.1) is 0 Å². The number of hydrogen-bond acceptors (Lipinski definition) is 1. The van der Waals surface area contributed by atoms with Crippen molar-refractivity contribution >= 4 is 11.6 Å². The molecule has 1 aliphatic rings. The van der Waals surface area contributed by atoms with Crippen molar-refractivity contribution in [1.82, 2.24) is 5.32 Å². The highest BCUT2D eigenvalue weighted by Crippen LogP contribution is 2.41. The van der Waals surface area contributed by atoms with Crippen molar-refractivity contribution in [1.29, 1.82) is 0 Å². The molecule has 2 heteroatoms. The average molecular weight is 286 g/mol. The maximum absolute atomic E-state index is 6.01. The van der Waals surface area contributed by atoms with Gasteiger partial charge in [-0.1, -0.05) is 54.9 Å². The van der Waals surface area contributed by atoms with Crippen molar-refractivity contribution in [3.63, 3.8) is 0 Å². The van der Waals surface area contributed by atoms with Gasteiger partial charge in [-0.2, -0.15) is 0 Å². The largest absolute Gasteiger partial charge is 0.310 e. The Morgan fingerprint density at radius 2 is 1.90 bits per heavy atom. The van der Waals surface area contributed by atoms with Crippen molar-refractivity contribution in [2.45, 2.75) is 31.7 Å². The van der Waals surface area contributed by atoms with Crippen LogP contribution in [0.2, 0.25) is 5.02 Å². The average Bonchev–Trinajstić information content (AvgIpc) is 2.90. The number of rotatable bonds is 4. The molecule has 0 aromatic heterocycles. The normalized spacial score (nSPS) is 18.8. The molecule has 0 amide bonds. The Hall–Kier alpha value is -1.31. The van der Waals surface area contributed by atoms with E-state index in [1.165, 1.54) is 29.5 Å². The van der Waals surface area contributed by atoms with Gasteiger partial charge in [0.25, 0.3) is 0 Å². The third kappa shape index (κ3) is 2.61. The fourth-order valence-corrected chi connectivity index (χ4v) is 3.44. The van der Waals surface area contributed by atoms with Crippen LogP contribution < -0.4 is 5.32 Å². The molecule has 1 nitrogen and oxygen atoms in total. The summed E-state index contributed by atoms with van der Waals surface area (Å²) < 4.78 is 0. The molecule has 104 valence electrons. The second kappa shape index (κ2) is 5.99. The first-order valence-corrected chi connectivity index (χ1v) is 7.74. The topological polar surface area (TPSA) is 12.0 Å². The molecular weight excluding hydrogens is 266 g/mol. The molecule has 1 N–H and O–H groups in total. The standard InChI is InChI=1S/C18H20ClN/c1-2-20-18(14-7-10-15(19)11-8-14)17-12-9-13-5-3-4-6-16(13)17/h3-8,10-11,17-18,20H,2,9,12H2,1H3. The summed E-state index contributed by atoms with van der Waals surface area (Å²) in [6.07, 6.45) is 2.41. The lowest BCUT2D eigenvalue weighted by Gasteiger charge is -2.26. The van der Waals surface area contributed by atoms with Crippen molar-refractivity contribution in [3.05, 3.63) is 70.2 Å². The molecule has 0 spiro atoms. The molecule has 0 fully saturated rings. The lowest BCUT2D eigenvalue weighted by atomic mass is 9.88. The summed E-state index contributed by atoms with van der Waals surface area (Å²) in [6.45, 7) is 3.15. The fourth-order valence-electron chi connectivity index (χ4n) is 3.32. The van der Waals surface area contributed by atoms with Gasteiger partial charge in [0.2, 0.25) is 0 Å². The van der Waals surface area contributed by atoms with E-state index in [2.05, 4.69) is 48.6 Å². The predicted molar refractivity (Wildman–Crippen MR) is 85.4 cm³/mol. The third-order valence-corrected chi connectivity index (χ3v) is 4.49. The van der Waals surface area contributed by atoms with Gasteiger partial charge in [-0.3, -0.25) is 0 Å². The highest BCUT2D eigenvalue weighted by Gasteiger charge is 2.29. The first-order valence-electron chi connectivity index (χ1n) is 7.36. The summed E-state index contributed by atoms with van der Waals surface area (Å²) >= 11 is 6.01. The van der Waals surface area contributed by atoms with Crippen LogP contribution in [-0.2, 0) is 6.42 Å². The van der Waals surface area contributed by atoms with E-state index >= 15 is 0 Å². The highest BCUT2D eigenvalue weighted by molar-refractivity contribution is 6.30. The third-order valence-electron chi connectivity index (χ3n) is 4.23. The van der Waals surface area contributed by atoms with E-state index in [-0.39, 0.29) is 0 Å². The maximum atomic E-state index is 6.01. The minimum absolute atomic E-state index is 0.376. The fraction of sp³-hybridized carbons (Fsp3) is 0.333. The van der Waals surface area contributed by atoms with Gasteiger partial charge in [0.05, 0.1) is 0 Å². The summed E-state index contributed by atoms with van der Waals surface area (Å²) in [5, 5.41) is 4.46.